The van der Waals surface area contributed by atoms with Gasteiger partial charge in [0.05, 0.1) is 5.56 Å². The summed E-state index contributed by atoms with van der Waals surface area (Å²) >= 11 is 0. The summed E-state index contributed by atoms with van der Waals surface area (Å²) in [6.07, 6.45) is 0.977. The molecule has 0 saturated carbocycles. The summed E-state index contributed by atoms with van der Waals surface area (Å²) in [5.74, 6) is -0.349. The number of nitrogens with zero attached hydrogens (tertiary/aromatic N) is 2. The molecule has 1 aromatic carbocycles. The molecule has 0 radical (unpaired) electrons. The molecule has 1 saturated heterocycles. The number of halogens is 1. The highest BCUT2D eigenvalue weighted by atomic mass is 19.1. The molecule has 2 aliphatic rings. The first kappa shape index (κ1) is 14.2. The third-order valence-corrected chi connectivity index (χ3v) is 4.87. The van der Waals surface area contributed by atoms with Crippen molar-refractivity contribution < 1.29 is 9.18 Å². The zero-order chi connectivity index (χ0) is 16.0. The van der Waals surface area contributed by atoms with E-state index in [1.54, 1.807) is 29.2 Å². The number of likely N-dealkylation sites (tertiary alicyclic amines) is 1. The predicted octanol–water partition coefficient (Wildman–Crippen LogP) is 2.25. The molecular formula is C18H17FN2O2. The van der Waals surface area contributed by atoms with Gasteiger partial charge in [-0.15, -0.1) is 0 Å². The standard InChI is InChI=1S/C18H17FN2O2/c19-15-5-2-1-4-14(15)18(23)20-9-12-8-13(11-20)16-6-3-7-17(22)21(16)10-12/h1-7,12-13H,8-11H2/t12?,13-/m0/s1. The van der Waals surface area contributed by atoms with Crippen LogP contribution in [-0.4, -0.2) is 28.5 Å². The van der Waals surface area contributed by atoms with Crippen molar-refractivity contribution in [3.8, 4) is 0 Å². The van der Waals surface area contributed by atoms with Crippen molar-refractivity contribution in [2.45, 2.75) is 18.9 Å². The molecule has 5 heteroatoms. The van der Waals surface area contributed by atoms with Gasteiger partial charge in [-0.2, -0.15) is 0 Å². The molecule has 118 valence electrons. The zero-order valence-electron chi connectivity index (χ0n) is 12.6. The molecule has 1 aromatic heterocycles. The van der Waals surface area contributed by atoms with Crippen LogP contribution in [-0.2, 0) is 6.54 Å². The Hall–Kier alpha value is -2.43. The van der Waals surface area contributed by atoms with E-state index < -0.39 is 5.82 Å². The van der Waals surface area contributed by atoms with Crippen LogP contribution in [0.15, 0.2) is 47.3 Å². The number of amides is 1. The van der Waals surface area contributed by atoms with Gasteiger partial charge < -0.3 is 9.47 Å². The van der Waals surface area contributed by atoms with Crippen molar-refractivity contribution in [3.05, 3.63) is 69.9 Å². The maximum Gasteiger partial charge on any atom is 0.256 e. The number of hydrogen-bond acceptors (Lipinski definition) is 2. The molecule has 1 unspecified atom stereocenters. The zero-order valence-corrected chi connectivity index (χ0v) is 12.6. The summed E-state index contributed by atoms with van der Waals surface area (Å²) in [7, 11) is 0. The topological polar surface area (TPSA) is 42.3 Å². The fourth-order valence-corrected chi connectivity index (χ4v) is 3.87. The van der Waals surface area contributed by atoms with E-state index in [4.69, 9.17) is 0 Å². The molecule has 0 spiro atoms. The van der Waals surface area contributed by atoms with Crippen molar-refractivity contribution in [1.29, 1.82) is 0 Å². The quantitative estimate of drug-likeness (QED) is 0.810. The second-order valence-electron chi connectivity index (χ2n) is 6.39. The average molecular weight is 312 g/mol. The number of carbonyl (C=O) groups excluding carboxylic acids is 1. The van der Waals surface area contributed by atoms with E-state index in [9.17, 15) is 14.0 Å². The Bertz CT molecular complexity index is 830. The lowest BCUT2D eigenvalue weighted by atomic mass is 9.83. The Morgan fingerprint density at radius 2 is 1.87 bits per heavy atom. The molecule has 2 bridgehead atoms. The first-order chi connectivity index (χ1) is 11.1. The third kappa shape index (κ3) is 2.36. The van der Waals surface area contributed by atoms with Gasteiger partial charge >= 0.3 is 0 Å². The first-order valence-corrected chi connectivity index (χ1v) is 7.87. The molecule has 1 amide bonds. The van der Waals surface area contributed by atoms with Gasteiger partial charge in [-0.25, -0.2) is 4.39 Å². The lowest BCUT2D eigenvalue weighted by molar-refractivity contribution is 0.0590. The Morgan fingerprint density at radius 1 is 1.04 bits per heavy atom. The number of piperidine rings is 1. The van der Waals surface area contributed by atoms with Crippen molar-refractivity contribution in [2.24, 2.45) is 5.92 Å². The summed E-state index contributed by atoms with van der Waals surface area (Å²) in [5, 5.41) is 0. The summed E-state index contributed by atoms with van der Waals surface area (Å²) < 4.78 is 15.7. The molecule has 0 aliphatic carbocycles. The van der Waals surface area contributed by atoms with Crippen LogP contribution >= 0.6 is 0 Å². The van der Waals surface area contributed by atoms with Gasteiger partial charge in [0, 0.05) is 37.3 Å². The van der Waals surface area contributed by atoms with Crippen LogP contribution in [0.25, 0.3) is 0 Å². The highest BCUT2D eigenvalue weighted by Crippen LogP contribution is 2.35. The Labute approximate surface area is 133 Å². The molecule has 4 rings (SSSR count). The monoisotopic (exact) mass is 312 g/mol. The molecule has 2 aliphatic heterocycles. The molecule has 4 nitrogen and oxygen atoms in total. The number of fused-ring (bicyclic) bond motifs is 4. The number of rotatable bonds is 1. The maximum atomic E-state index is 13.9. The molecule has 1 fully saturated rings. The van der Waals surface area contributed by atoms with Gasteiger partial charge in [0.1, 0.15) is 5.82 Å². The summed E-state index contributed by atoms with van der Waals surface area (Å²) in [5.41, 5.74) is 1.13. The minimum Gasteiger partial charge on any atom is -0.338 e. The van der Waals surface area contributed by atoms with Crippen LogP contribution in [0.3, 0.4) is 0 Å². The van der Waals surface area contributed by atoms with E-state index >= 15 is 0 Å². The number of aromatic nitrogens is 1. The molecule has 3 heterocycles. The minimum atomic E-state index is -0.482. The van der Waals surface area contributed by atoms with Crippen LogP contribution in [0.4, 0.5) is 4.39 Å². The summed E-state index contributed by atoms with van der Waals surface area (Å²) in [4.78, 5) is 26.4. The van der Waals surface area contributed by atoms with Gasteiger partial charge in [0.15, 0.2) is 0 Å². The highest BCUT2D eigenvalue weighted by molar-refractivity contribution is 5.94. The van der Waals surface area contributed by atoms with Gasteiger partial charge in [-0.3, -0.25) is 9.59 Å². The number of hydrogen-bond donors (Lipinski definition) is 0. The van der Waals surface area contributed by atoms with Gasteiger partial charge in [0.25, 0.3) is 11.5 Å². The lowest BCUT2D eigenvalue weighted by Crippen LogP contribution is -2.49. The molecule has 0 N–H and O–H groups in total. The highest BCUT2D eigenvalue weighted by Gasteiger charge is 2.36. The van der Waals surface area contributed by atoms with E-state index in [-0.39, 0.29) is 28.9 Å². The molecule has 2 aromatic rings. The van der Waals surface area contributed by atoms with Crippen LogP contribution in [0.2, 0.25) is 0 Å². The van der Waals surface area contributed by atoms with E-state index in [1.807, 2.05) is 10.6 Å². The molecule has 23 heavy (non-hydrogen) atoms. The number of benzene rings is 1. The van der Waals surface area contributed by atoms with E-state index in [0.29, 0.717) is 19.6 Å². The maximum absolute atomic E-state index is 13.9. The third-order valence-electron chi connectivity index (χ3n) is 4.87. The van der Waals surface area contributed by atoms with Crippen LogP contribution < -0.4 is 5.56 Å². The van der Waals surface area contributed by atoms with Crippen LogP contribution in [0.5, 0.6) is 0 Å². The largest absolute Gasteiger partial charge is 0.338 e. The number of pyridine rings is 1. The minimum absolute atomic E-state index is 0.0195. The van der Waals surface area contributed by atoms with Crippen LogP contribution in [0.1, 0.15) is 28.4 Å². The van der Waals surface area contributed by atoms with Crippen molar-refractivity contribution >= 4 is 5.91 Å². The smallest absolute Gasteiger partial charge is 0.256 e. The van der Waals surface area contributed by atoms with E-state index in [2.05, 4.69) is 0 Å². The Morgan fingerprint density at radius 3 is 2.70 bits per heavy atom. The van der Waals surface area contributed by atoms with Crippen LogP contribution in [0, 0.1) is 11.7 Å². The molecular weight excluding hydrogens is 295 g/mol. The fourth-order valence-electron chi connectivity index (χ4n) is 3.87. The normalized spacial score (nSPS) is 22.6. The fraction of sp³-hybridized carbons (Fsp3) is 0.333. The van der Waals surface area contributed by atoms with Gasteiger partial charge in [-0.1, -0.05) is 18.2 Å². The van der Waals surface area contributed by atoms with Gasteiger partial charge in [-0.05, 0) is 30.5 Å². The average Bonchev–Trinajstić information content (AvgIpc) is 2.55. The second kappa shape index (κ2) is 5.33. The van der Waals surface area contributed by atoms with E-state index in [0.717, 1.165) is 12.1 Å². The number of carbonyl (C=O) groups is 1. The van der Waals surface area contributed by atoms with Crippen molar-refractivity contribution in [3.63, 3.8) is 0 Å². The second-order valence-corrected chi connectivity index (χ2v) is 6.39. The first-order valence-electron chi connectivity index (χ1n) is 7.87. The predicted molar refractivity (Wildman–Crippen MR) is 83.9 cm³/mol. The summed E-state index contributed by atoms with van der Waals surface area (Å²) in [6, 6.07) is 11.4. The van der Waals surface area contributed by atoms with Gasteiger partial charge in [0.2, 0.25) is 0 Å². The Balaban J connectivity index is 1.65. The summed E-state index contributed by atoms with van der Waals surface area (Å²) in [6.45, 7) is 1.74. The SMILES string of the molecule is O=C(c1ccccc1F)N1CC2C[C@@H](C1)c1cccc(=O)n1C2. The van der Waals surface area contributed by atoms with Crippen molar-refractivity contribution in [1.82, 2.24) is 9.47 Å². The molecule has 2 atom stereocenters. The Kier molecular flexibility index (Phi) is 3.29. The van der Waals surface area contributed by atoms with Crippen molar-refractivity contribution in [2.75, 3.05) is 13.1 Å². The van der Waals surface area contributed by atoms with E-state index in [1.165, 1.54) is 12.1 Å². The lowest BCUT2D eigenvalue weighted by Gasteiger charge is -2.42.